The summed E-state index contributed by atoms with van der Waals surface area (Å²) in [5, 5.41) is 9.69. The summed E-state index contributed by atoms with van der Waals surface area (Å²) in [6.07, 6.45) is 1.20. The number of ether oxygens (including phenoxy) is 2. The Bertz CT molecular complexity index is 397. The number of aliphatic hydroxyl groups is 1. The molecule has 2 atom stereocenters. The topological polar surface area (TPSA) is 41.9 Å². The standard InChI is InChI=1S/C15H23NO3/c1-12-4-3-5-13(8-12)15(10-17)16-7-6-14(9-16)19-11-18-2/h3-5,8,14-15,17H,6-7,9-11H2,1-2H3/t14-,15?/m0/s1. The van der Waals surface area contributed by atoms with Gasteiger partial charge in [0.2, 0.25) is 0 Å². The third kappa shape index (κ3) is 3.76. The molecule has 0 saturated carbocycles. The fourth-order valence-corrected chi connectivity index (χ4v) is 2.65. The van der Waals surface area contributed by atoms with Gasteiger partial charge >= 0.3 is 0 Å². The molecule has 0 amide bonds. The average molecular weight is 265 g/mol. The summed E-state index contributed by atoms with van der Waals surface area (Å²) in [6.45, 7) is 4.36. The fourth-order valence-electron chi connectivity index (χ4n) is 2.65. The molecule has 1 unspecified atom stereocenters. The van der Waals surface area contributed by atoms with Crippen LogP contribution in [0.3, 0.4) is 0 Å². The predicted octanol–water partition coefficient (Wildman–Crippen LogP) is 1.72. The molecule has 0 radical (unpaired) electrons. The third-order valence-electron chi connectivity index (χ3n) is 3.64. The Morgan fingerprint density at radius 2 is 2.32 bits per heavy atom. The minimum atomic E-state index is 0.0658. The second-order valence-corrected chi connectivity index (χ2v) is 5.09. The van der Waals surface area contributed by atoms with Crippen molar-refractivity contribution >= 4 is 0 Å². The van der Waals surface area contributed by atoms with Gasteiger partial charge in [0.1, 0.15) is 6.79 Å². The number of methoxy groups -OCH3 is 1. The van der Waals surface area contributed by atoms with Crippen LogP contribution in [0.25, 0.3) is 0 Å². The Labute approximate surface area is 114 Å². The molecule has 1 fully saturated rings. The summed E-state index contributed by atoms with van der Waals surface area (Å²) >= 11 is 0. The normalized spacial score (nSPS) is 21.7. The Balaban J connectivity index is 1.99. The minimum absolute atomic E-state index is 0.0658. The highest BCUT2D eigenvalue weighted by Gasteiger charge is 2.29. The number of benzene rings is 1. The number of aryl methyl sites for hydroxylation is 1. The summed E-state index contributed by atoms with van der Waals surface area (Å²) in [6, 6.07) is 8.41. The van der Waals surface area contributed by atoms with E-state index in [1.54, 1.807) is 7.11 Å². The summed E-state index contributed by atoms with van der Waals surface area (Å²) in [4.78, 5) is 2.29. The quantitative estimate of drug-likeness (QED) is 0.795. The first-order valence-electron chi connectivity index (χ1n) is 6.76. The van der Waals surface area contributed by atoms with Gasteiger partial charge in [0.15, 0.2) is 0 Å². The van der Waals surface area contributed by atoms with E-state index in [0.717, 1.165) is 19.5 Å². The van der Waals surface area contributed by atoms with Crippen molar-refractivity contribution in [2.75, 3.05) is 33.6 Å². The summed E-state index contributed by atoms with van der Waals surface area (Å²) in [5.74, 6) is 0. The van der Waals surface area contributed by atoms with Crippen LogP contribution in [-0.4, -0.2) is 49.7 Å². The van der Waals surface area contributed by atoms with Crippen molar-refractivity contribution in [3.8, 4) is 0 Å². The second-order valence-electron chi connectivity index (χ2n) is 5.09. The van der Waals surface area contributed by atoms with Crippen LogP contribution in [0.5, 0.6) is 0 Å². The van der Waals surface area contributed by atoms with Gasteiger partial charge in [0, 0.05) is 20.2 Å². The molecule has 1 aliphatic rings. The number of hydrogen-bond acceptors (Lipinski definition) is 4. The number of nitrogens with zero attached hydrogens (tertiary/aromatic N) is 1. The van der Waals surface area contributed by atoms with Crippen LogP contribution >= 0.6 is 0 Å². The van der Waals surface area contributed by atoms with Gasteiger partial charge in [-0.05, 0) is 18.9 Å². The van der Waals surface area contributed by atoms with Crippen LogP contribution in [0.15, 0.2) is 24.3 Å². The van der Waals surface area contributed by atoms with Crippen molar-refractivity contribution in [1.29, 1.82) is 0 Å². The average Bonchev–Trinajstić information content (AvgIpc) is 2.86. The van der Waals surface area contributed by atoms with Crippen LogP contribution in [-0.2, 0) is 9.47 Å². The maximum atomic E-state index is 9.69. The minimum Gasteiger partial charge on any atom is -0.394 e. The molecule has 0 bridgehead atoms. The number of likely N-dealkylation sites (tertiary alicyclic amines) is 1. The molecular weight excluding hydrogens is 242 g/mol. The Morgan fingerprint density at radius 3 is 3.00 bits per heavy atom. The van der Waals surface area contributed by atoms with E-state index in [0.29, 0.717) is 6.79 Å². The Hall–Kier alpha value is -0.940. The van der Waals surface area contributed by atoms with Gasteiger partial charge in [-0.1, -0.05) is 29.8 Å². The molecule has 1 N–H and O–H groups in total. The van der Waals surface area contributed by atoms with Gasteiger partial charge in [-0.2, -0.15) is 0 Å². The number of rotatable bonds is 6. The maximum Gasteiger partial charge on any atom is 0.146 e. The molecule has 1 saturated heterocycles. The summed E-state index contributed by atoms with van der Waals surface area (Å²) in [5.41, 5.74) is 2.40. The van der Waals surface area contributed by atoms with Crippen molar-refractivity contribution in [3.05, 3.63) is 35.4 Å². The Morgan fingerprint density at radius 1 is 1.47 bits per heavy atom. The molecule has 0 spiro atoms. The molecule has 1 heterocycles. The third-order valence-corrected chi connectivity index (χ3v) is 3.64. The monoisotopic (exact) mass is 265 g/mol. The van der Waals surface area contributed by atoms with Crippen LogP contribution in [0, 0.1) is 6.92 Å². The predicted molar refractivity (Wildman–Crippen MR) is 73.9 cm³/mol. The maximum absolute atomic E-state index is 9.69. The van der Waals surface area contributed by atoms with Gasteiger partial charge in [0.05, 0.1) is 18.8 Å². The van der Waals surface area contributed by atoms with E-state index in [-0.39, 0.29) is 18.8 Å². The van der Waals surface area contributed by atoms with E-state index >= 15 is 0 Å². The van der Waals surface area contributed by atoms with Crippen LogP contribution < -0.4 is 0 Å². The molecule has 0 aromatic heterocycles. The van der Waals surface area contributed by atoms with E-state index < -0.39 is 0 Å². The van der Waals surface area contributed by atoms with Crippen molar-refractivity contribution in [1.82, 2.24) is 4.90 Å². The largest absolute Gasteiger partial charge is 0.394 e. The summed E-state index contributed by atoms with van der Waals surface area (Å²) in [7, 11) is 1.63. The van der Waals surface area contributed by atoms with Crippen molar-refractivity contribution < 1.29 is 14.6 Å². The molecule has 1 aromatic carbocycles. The van der Waals surface area contributed by atoms with Crippen molar-refractivity contribution in [3.63, 3.8) is 0 Å². The smallest absolute Gasteiger partial charge is 0.146 e. The van der Waals surface area contributed by atoms with Crippen molar-refractivity contribution in [2.24, 2.45) is 0 Å². The van der Waals surface area contributed by atoms with E-state index in [2.05, 4.69) is 30.0 Å². The SMILES string of the molecule is COCO[C@H]1CCN(C(CO)c2cccc(C)c2)C1. The molecule has 1 aromatic rings. The van der Waals surface area contributed by atoms with Gasteiger partial charge in [-0.25, -0.2) is 0 Å². The lowest BCUT2D eigenvalue weighted by Crippen LogP contribution is -2.30. The molecule has 4 heteroatoms. The van der Waals surface area contributed by atoms with E-state index in [1.165, 1.54) is 11.1 Å². The van der Waals surface area contributed by atoms with Crippen LogP contribution in [0.1, 0.15) is 23.6 Å². The molecule has 2 rings (SSSR count). The van der Waals surface area contributed by atoms with Gasteiger partial charge in [0.25, 0.3) is 0 Å². The zero-order chi connectivity index (χ0) is 13.7. The molecule has 4 nitrogen and oxygen atoms in total. The van der Waals surface area contributed by atoms with Gasteiger partial charge in [-0.3, -0.25) is 4.90 Å². The number of aliphatic hydroxyl groups excluding tert-OH is 1. The molecular formula is C15H23NO3. The first kappa shape index (κ1) is 14.5. The first-order valence-corrected chi connectivity index (χ1v) is 6.76. The van der Waals surface area contributed by atoms with Gasteiger partial charge < -0.3 is 14.6 Å². The molecule has 19 heavy (non-hydrogen) atoms. The lowest BCUT2D eigenvalue weighted by atomic mass is 10.0. The summed E-state index contributed by atoms with van der Waals surface area (Å²) < 4.78 is 10.5. The molecule has 106 valence electrons. The highest BCUT2D eigenvalue weighted by Crippen LogP contribution is 2.26. The lowest BCUT2D eigenvalue weighted by Gasteiger charge is -2.26. The van der Waals surface area contributed by atoms with E-state index in [4.69, 9.17) is 9.47 Å². The second kappa shape index (κ2) is 7.01. The zero-order valence-corrected chi connectivity index (χ0v) is 11.7. The van der Waals surface area contributed by atoms with Crippen molar-refractivity contribution in [2.45, 2.75) is 25.5 Å². The Kier molecular flexibility index (Phi) is 5.34. The van der Waals surface area contributed by atoms with Crippen LogP contribution in [0.4, 0.5) is 0 Å². The molecule has 0 aliphatic carbocycles. The highest BCUT2D eigenvalue weighted by molar-refractivity contribution is 5.25. The van der Waals surface area contributed by atoms with Crippen LogP contribution in [0.2, 0.25) is 0 Å². The van der Waals surface area contributed by atoms with E-state index in [9.17, 15) is 5.11 Å². The highest BCUT2D eigenvalue weighted by atomic mass is 16.7. The van der Waals surface area contributed by atoms with Gasteiger partial charge in [-0.15, -0.1) is 0 Å². The zero-order valence-electron chi connectivity index (χ0n) is 11.7. The number of hydrogen-bond donors (Lipinski definition) is 1. The van der Waals surface area contributed by atoms with E-state index in [1.807, 2.05) is 6.07 Å². The fraction of sp³-hybridized carbons (Fsp3) is 0.600. The molecule has 1 aliphatic heterocycles. The first-order chi connectivity index (χ1) is 9.24. The lowest BCUT2D eigenvalue weighted by molar-refractivity contribution is -0.0684.